The fourth-order valence-electron chi connectivity index (χ4n) is 4.96. The van der Waals surface area contributed by atoms with Gasteiger partial charge in [0.1, 0.15) is 16.7 Å². The summed E-state index contributed by atoms with van der Waals surface area (Å²) < 4.78 is 23.2. The molecule has 9 nitrogen and oxygen atoms in total. The molecule has 2 heterocycles. The van der Waals surface area contributed by atoms with Gasteiger partial charge in [-0.1, -0.05) is 53.2 Å². The minimum atomic E-state index is -1.06. The van der Waals surface area contributed by atoms with Crippen LogP contribution in [0.1, 0.15) is 22.3 Å². The summed E-state index contributed by atoms with van der Waals surface area (Å²) in [5.74, 6) is 0.158. The molecule has 242 valence electrons. The van der Waals surface area contributed by atoms with E-state index in [4.69, 9.17) is 54.4 Å². The van der Waals surface area contributed by atoms with Crippen LogP contribution in [0.3, 0.4) is 0 Å². The molecule has 0 bridgehead atoms. The van der Waals surface area contributed by atoms with E-state index in [0.717, 1.165) is 49.5 Å². The van der Waals surface area contributed by atoms with Gasteiger partial charge in [0.25, 0.3) is 5.91 Å². The first-order valence-electron chi connectivity index (χ1n) is 14.6. The molecule has 0 radical (unpaired) electrons. The van der Waals surface area contributed by atoms with Crippen LogP contribution in [0.4, 0.5) is 0 Å². The Hall–Kier alpha value is -3.32. The molecule has 46 heavy (non-hydrogen) atoms. The van der Waals surface area contributed by atoms with Crippen molar-refractivity contribution in [1.29, 1.82) is 0 Å². The summed E-state index contributed by atoms with van der Waals surface area (Å²) in [5.41, 5.74) is 2.38. The van der Waals surface area contributed by atoms with E-state index < -0.39 is 5.97 Å². The molecular weight excluding hydrogens is 671 g/mol. The molecular formula is C33H32Cl2N2O7S2. The first-order valence-corrected chi connectivity index (χ1v) is 16.5. The number of morpholine rings is 1. The second-order valence-electron chi connectivity index (χ2n) is 10.4. The first kappa shape index (κ1) is 34.0. The largest absolute Gasteiger partial charge is 0.493 e. The van der Waals surface area contributed by atoms with Crippen molar-refractivity contribution in [3.05, 3.63) is 80.7 Å². The highest BCUT2D eigenvalue weighted by molar-refractivity contribution is 8.26. The van der Waals surface area contributed by atoms with Gasteiger partial charge in [0.05, 0.1) is 37.4 Å². The van der Waals surface area contributed by atoms with Gasteiger partial charge in [-0.2, -0.15) is 0 Å². The molecule has 3 aromatic carbocycles. The van der Waals surface area contributed by atoms with Gasteiger partial charge in [0.2, 0.25) is 0 Å². The summed E-state index contributed by atoms with van der Waals surface area (Å²) in [6.45, 7) is 5.08. The number of carboxylic acids is 1. The average Bonchev–Trinajstić information content (AvgIpc) is 3.32. The van der Waals surface area contributed by atoms with Crippen molar-refractivity contribution < 1.29 is 33.6 Å². The molecule has 5 rings (SSSR count). The van der Waals surface area contributed by atoms with Crippen molar-refractivity contribution in [3.8, 4) is 28.4 Å². The van der Waals surface area contributed by atoms with Crippen LogP contribution in [0.2, 0.25) is 10.0 Å². The maximum Gasteiger partial charge on any atom is 0.335 e. The van der Waals surface area contributed by atoms with Crippen LogP contribution in [0, 0.1) is 0 Å². The minimum Gasteiger partial charge on any atom is -0.493 e. The number of carbonyl (C=O) groups excluding carboxylic acids is 1. The number of halogens is 2. The SMILES string of the molecule is COc1cc(C(=O)O)ccc1OCCCN1C(=O)/C(=C/c2ccc(OCCN3CCOCC3)c(-c3cc(Cl)ccc3Cl)c2)SC1=S. The summed E-state index contributed by atoms with van der Waals surface area (Å²) in [7, 11) is 1.44. The monoisotopic (exact) mass is 702 g/mol. The van der Waals surface area contributed by atoms with E-state index in [1.807, 2.05) is 24.3 Å². The fourth-order valence-corrected chi connectivity index (χ4v) is 6.66. The van der Waals surface area contributed by atoms with Gasteiger partial charge in [0, 0.05) is 47.4 Å². The van der Waals surface area contributed by atoms with E-state index in [2.05, 4.69) is 4.90 Å². The van der Waals surface area contributed by atoms with Crippen molar-refractivity contribution in [2.75, 3.05) is 59.7 Å². The Labute approximate surface area is 286 Å². The Morgan fingerprint density at radius 1 is 0.978 bits per heavy atom. The third kappa shape index (κ3) is 8.52. The zero-order chi connectivity index (χ0) is 32.6. The smallest absolute Gasteiger partial charge is 0.335 e. The van der Waals surface area contributed by atoms with E-state index in [-0.39, 0.29) is 18.1 Å². The van der Waals surface area contributed by atoms with Gasteiger partial charge in [-0.25, -0.2) is 4.79 Å². The maximum absolute atomic E-state index is 13.4. The van der Waals surface area contributed by atoms with Crippen molar-refractivity contribution >= 4 is 69.5 Å². The molecule has 0 spiro atoms. The van der Waals surface area contributed by atoms with Crippen molar-refractivity contribution in [2.24, 2.45) is 0 Å². The lowest BCUT2D eigenvalue weighted by Crippen LogP contribution is -2.38. The molecule has 13 heteroatoms. The van der Waals surface area contributed by atoms with Gasteiger partial charge in [0.15, 0.2) is 11.5 Å². The summed E-state index contributed by atoms with van der Waals surface area (Å²) in [4.78, 5) is 28.9. The maximum atomic E-state index is 13.4. The van der Waals surface area contributed by atoms with Crippen LogP contribution in [0.15, 0.2) is 59.5 Å². The van der Waals surface area contributed by atoms with E-state index in [0.29, 0.717) is 56.1 Å². The van der Waals surface area contributed by atoms with E-state index in [1.54, 1.807) is 29.2 Å². The Morgan fingerprint density at radius 3 is 2.50 bits per heavy atom. The first-order chi connectivity index (χ1) is 22.2. The fraction of sp³-hybridized carbons (Fsp3) is 0.303. The molecule has 0 aliphatic carbocycles. The number of carbonyl (C=O) groups is 2. The van der Waals surface area contributed by atoms with E-state index >= 15 is 0 Å². The predicted octanol–water partition coefficient (Wildman–Crippen LogP) is 6.75. The van der Waals surface area contributed by atoms with Crippen LogP contribution in [0.25, 0.3) is 17.2 Å². The Morgan fingerprint density at radius 2 is 1.74 bits per heavy atom. The van der Waals surface area contributed by atoms with E-state index in [9.17, 15) is 14.7 Å². The number of thiocarbonyl (C=S) groups is 1. The molecule has 2 aliphatic rings. The van der Waals surface area contributed by atoms with Crippen molar-refractivity contribution in [3.63, 3.8) is 0 Å². The number of hydrogen-bond donors (Lipinski definition) is 1. The molecule has 0 atom stereocenters. The summed E-state index contributed by atoms with van der Waals surface area (Å²) in [5, 5.41) is 10.3. The minimum absolute atomic E-state index is 0.0993. The van der Waals surface area contributed by atoms with Gasteiger partial charge in [-0.3, -0.25) is 14.6 Å². The molecule has 2 aliphatic heterocycles. The van der Waals surface area contributed by atoms with Crippen LogP contribution >= 0.6 is 47.2 Å². The van der Waals surface area contributed by atoms with E-state index in [1.165, 1.54) is 31.0 Å². The number of carboxylic acid groups (broad SMARTS) is 1. The lowest BCUT2D eigenvalue weighted by molar-refractivity contribution is -0.122. The third-order valence-electron chi connectivity index (χ3n) is 7.36. The number of aromatic carboxylic acids is 1. The number of amides is 1. The number of thioether (sulfide) groups is 1. The Kier molecular flexibility index (Phi) is 11.8. The van der Waals surface area contributed by atoms with Crippen LogP contribution in [0.5, 0.6) is 17.2 Å². The molecule has 0 unspecified atom stereocenters. The van der Waals surface area contributed by atoms with Crippen LogP contribution in [-0.2, 0) is 9.53 Å². The second kappa shape index (κ2) is 16.0. The number of benzene rings is 3. The highest BCUT2D eigenvalue weighted by atomic mass is 35.5. The highest BCUT2D eigenvalue weighted by Gasteiger charge is 2.31. The number of hydrogen-bond acceptors (Lipinski definition) is 9. The van der Waals surface area contributed by atoms with Crippen LogP contribution < -0.4 is 14.2 Å². The van der Waals surface area contributed by atoms with Gasteiger partial charge < -0.3 is 24.1 Å². The molecule has 1 amide bonds. The predicted molar refractivity (Wildman–Crippen MR) is 185 cm³/mol. The van der Waals surface area contributed by atoms with Gasteiger partial charge in [-0.05, 0) is 66.6 Å². The van der Waals surface area contributed by atoms with Crippen LogP contribution in [-0.4, -0.2) is 90.8 Å². The number of nitrogens with zero attached hydrogens (tertiary/aromatic N) is 2. The number of ether oxygens (including phenoxy) is 4. The summed E-state index contributed by atoms with van der Waals surface area (Å²) >= 11 is 19.7. The van der Waals surface area contributed by atoms with Crippen molar-refractivity contribution in [1.82, 2.24) is 9.80 Å². The van der Waals surface area contributed by atoms with Gasteiger partial charge in [-0.15, -0.1) is 0 Å². The number of rotatable bonds is 13. The molecule has 2 fully saturated rings. The average molecular weight is 704 g/mol. The zero-order valence-corrected chi connectivity index (χ0v) is 28.1. The normalized spacial score (nSPS) is 16.2. The second-order valence-corrected chi connectivity index (χ2v) is 12.9. The third-order valence-corrected chi connectivity index (χ3v) is 9.30. The lowest BCUT2D eigenvalue weighted by atomic mass is 10.0. The standard InChI is InChI=1S/C33H32Cl2N2O7S2/c1-41-29-19-22(32(39)40)4-8-28(29)43-13-2-9-37-31(38)30(46-33(37)45)18-21-3-7-27(44-16-12-36-10-14-42-15-11-36)25(17-21)24-20-23(34)5-6-26(24)35/h3-8,17-20H,2,9-16H2,1H3,(H,39,40)/b30-18-. The quantitative estimate of drug-likeness (QED) is 0.117. The molecule has 0 aromatic heterocycles. The zero-order valence-electron chi connectivity index (χ0n) is 25.0. The Balaban J connectivity index is 1.26. The molecule has 3 aromatic rings. The molecule has 1 N–H and O–H groups in total. The topological polar surface area (TPSA) is 97.8 Å². The Bertz CT molecular complexity index is 1650. The summed E-state index contributed by atoms with van der Waals surface area (Å²) in [6, 6.07) is 15.4. The summed E-state index contributed by atoms with van der Waals surface area (Å²) in [6.07, 6.45) is 2.31. The lowest BCUT2D eigenvalue weighted by Gasteiger charge is -2.26. The van der Waals surface area contributed by atoms with Crippen molar-refractivity contribution in [2.45, 2.75) is 6.42 Å². The highest BCUT2D eigenvalue weighted by Crippen LogP contribution is 2.39. The number of methoxy groups -OCH3 is 1. The van der Waals surface area contributed by atoms with Gasteiger partial charge >= 0.3 is 5.97 Å². The molecule has 2 saturated heterocycles. The molecule has 0 saturated carbocycles.